The Bertz CT molecular complexity index is 456. The molecule has 2 heterocycles. The molecule has 1 atom stereocenters. The van der Waals surface area contributed by atoms with Crippen molar-refractivity contribution in [1.29, 1.82) is 0 Å². The van der Waals surface area contributed by atoms with Gasteiger partial charge in [-0.25, -0.2) is 4.79 Å². The van der Waals surface area contributed by atoms with Crippen LogP contribution >= 0.6 is 0 Å². The van der Waals surface area contributed by atoms with Gasteiger partial charge in [0, 0.05) is 20.1 Å². The van der Waals surface area contributed by atoms with E-state index in [2.05, 4.69) is 16.9 Å². The molecular formula is C12H19N3O3. The standard InChI is InChI=1S/C12H19N3O3/c1-4-9-7-15(5-6-18-9)11-10(12(16)17)8(2)13-14(11)3/h9H,4-7H2,1-3H3,(H,16,17). The van der Waals surface area contributed by atoms with Crippen LogP contribution in [0.2, 0.25) is 0 Å². The predicted molar refractivity (Wildman–Crippen MR) is 67.1 cm³/mol. The maximum absolute atomic E-state index is 11.3. The van der Waals surface area contributed by atoms with E-state index in [9.17, 15) is 9.90 Å². The smallest absolute Gasteiger partial charge is 0.341 e. The minimum atomic E-state index is -0.921. The Morgan fingerprint density at radius 2 is 2.33 bits per heavy atom. The second-order valence-electron chi connectivity index (χ2n) is 4.56. The van der Waals surface area contributed by atoms with E-state index in [0.717, 1.165) is 13.0 Å². The lowest BCUT2D eigenvalue weighted by atomic mass is 10.2. The van der Waals surface area contributed by atoms with Gasteiger partial charge in [-0.05, 0) is 13.3 Å². The largest absolute Gasteiger partial charge is 0.477 e. The van der Waals surface area contributed by atoms with Gasteiger partial charge in [0.25, 0.3) is 0 Å². The van der Waals surface area contributed by atoms with E-state index in [1.807, 2.05) is 0 Å². The summed E-state index contributed by atoms with van der Waals surface area (Å²) in [5.41, 5.74) is 0.855. The van der Waals surface area contributed by atoms with Gasteiger partial charge in [-0.2, -0.15) is 5.10 Å². The van der Waals surface area contributed by atoms with Gasteiger partial charge in [-0.1, -0.05) is 6.92 Å². The summed E-state index contributed by atoms with van der Waals surface area (Å²) in [5, 5.41) is 13.5. The number of aromatic carboxylic acids is 1. The molecule has 2 rings (SSSR count). The Kier molecular flexibility index (Phi) is 3.56. The average molecular weight is 253 g/mol. The van der Waals surface area contributed by atoms with Gasteiger partial charge in [0.1, 0.15) is 11.4 Å². The highest BCUT2D eigenvalue weighted by Crippen LogP contribution is 2.25. The monoisotopic (exact) mass is 253 g/mol. The third-order valence-electron chi connectivity index (χ3n) is 3.30. The minimum Gasteiger partial charge on any atom is -0.477 e. The molecule has 6 heteroatoms. The Hall–Kier alpha value is -1.56. The van der Waals surface area contributed by atoms with Gasteiger partial charge in [0.2, 0.25) is 0 Å². The van der Waals surface area contributed by atoms with Crippen molar-refractivity contribution in [2.75, 3.05) is 24.6 Å². The Balaban J connectivity index is 2.35. The number of ether oxygens (including phenoxy) is 1. The highest BCUT2D eigenvalue weighted by Gasteiger charge is 2.28. The zero-order chi connectivity index (χ0) is 13.3. The molecule has 18 heavy (non-hydrogen) atoms. The number of anilines is 1. The average Bonchev–Trinajstić information content (AvgIpc) is 2.64. The molecule has 0 amide bonds. The number of hydrogen-bond acceptors (Lipinski definition) is 4. The summed E-state index contributed by atoms with van der Waals surface area (Å²) in [6.45, 7) is 5.85. The highest BCUT2D eigenvalue weighted by atomic mass is 16.5. The number of hydrogen-bond donors (Lipinski definition) is 1. The van der Waals surface area contributed by atoms with Crippen molar-refractivity contribution in [1.82, 2.24) is 9.78 Å². The van der Waals surface area contributed by atoms with Gasteiger partial charge in [-0.15, -0.1) is 0 Å². The molecule has 1 aromatic rings. The molecule has 0 radical (unpaired) electrons. The van der Waals surface area contributed by atoms with Crippen LogP contribution in [0.15, 0.2) is 0 Å². The van der Waals surface area contributed by atoms with Gasteiger partial charge < -0.3 is 14.7 Å². The van der Waals surface area contributed by atoms with Crippen LogP contribution in [0, 0.1) is 6.92 Å². The van der Waals surface area contributed by atoms with Gasteiger partial charge in [0.05, 0.1) is 18.4 Å². The van der Waals surface area contributed by atoms with E-state index in [4.69, 9.17) is 4.74 Å². The second-order valence-corrected chi connectivity index (χ2v) is 4.56. The summed E-state index contributed by atoms with van der Waals surface area (Å²) in [4.78, 5) is 13.4. The van der Waals surface area contributed by atoms with Crippen LogP contribution in [0.1, 0.15) is 29.4 Å². The van der Waals surface area contributed by atoms with Crippen LogP contribution in [0.25, 0.3) is 0 Å². The first kappa shape index (κ1) is 12.9. The quantitative estimate of drug-likeness (QED) is 0.871. The number of aryl methyl sites for hydroxylation is 2. The summed E-state index contributed by atoms with van der Waals surface area (Å²) in [7, 11) is 1.78. The fourth-order valence-electron chi connectivity index (χ4n) is 2.42. The molecule has 1 aliphatic rings. The zero-order valence-electron chi connectivity index (χ0n) is 11.0. The van der Waals surface area contributed by atoms with Crippen LogP contribution in [0.4, 0.5) is 5.82 Å². The lowest BCUT2D eigenvalue weighted by molar-refractivity contribution is 0.0377. The molecule has 1 unspecified atom stereocenters. The summed E-state index contributed by atoms with van der Waals surface area (Å²) in [6.07, 6.45) is 1.09. The number of nitrogens with zero attached hydrogens (tertiary/aromatic N) is 3. The van der Waals surface area contributed by atoms with Crippen LogP contribution < -0.4 is 4.90 Å². The number of morpholine rings is 1. The van der Waals surface area contributed by atoms with E-state index >= 15 is 0 Å². The van der Waals surface area contributed by atoms with E-state index in [1.165, 1.54) is 0 Å². The van der Waals surface area contributed by atoms with Crippen molar-refractivity contribution in [3.05, 3.63) is 11.3 Å². The highest BCUT2D eigenvalue weighted by molar-refractivity contribution is 5.94. The molecule has 1 saturated heterocycles. The van der Waals surface area contributed by atoms with Crippen molar-refractivity contribution in [2.45, 2.75) is 26.4 Å². The van der Waals surface area contributed by atoms with Crippen molar-refractivity contribution >= 4 is 11.8 Å². The van der Waals surface area contributed by atoms with Crippen LogP contribution in [-0.4, -0.2) is 46.7 Å². The molecule has 0 spiro atoms. The van der Waals surface area contributed by atoms with Crippen molar-refractivity contribution < 1.29 is 14.6 Å². The lowest BCUT2D eigenvalue weighted by Gasteiger charge is -2.34. The molecule has 0 saturated carbocycles. The predicted octanol–water partition coefficient (Wildman–Crippen LogP) is 1.04. The molecular weight excluding hydrogens is 234 g/mol. The molecule has 6 nitrogen and oxygen atoms in total. The normalized spacial score (nSPS) is 20.2. The fourth-order valence-corrected chi connectivity index (χ4v) is 2.42. The molecule has 1 fully saturated rings. The third-order valence-corrected chi connectivity index (χ3v) is 3.30. The minimum absolute atomic E-state index is 0.163. The molecule has 0 bridgehead atoms. The summed E-state index contributed by atoms with van der Waals surface area (Å²) in [6, 6.07) is 0. The number of carboxylic acid groups (broad SMARTS) is 1. The van der Waals surface area contributed by atoms with E-state index in [0.29, 0.717) is 30.2 Å². The fraction of sp³-hybridized carbons (Fsp3) is 0.667. The molecule has 100 valence electrons. The van der Waals surface area contributed by atoms with Crippen LogP contribution in [0.5, 0.6) is 0 Å². The molecule has 1 aromatic heterocycles. The van der Waals surface area contributed by atoms with Gasteiger partial charge in [-0.3, -0.25) is 4.68 Å². The Morgan fingerprint density at radius 1 is 1.61 bits per heavy atom. The molecule has 1 N–H and O–H groups in total. The number of carbonyl (C=O) groups is 1. The topological polar surface area (TPSA) is 67.6 Å². The molecule has 0 aromatic carbocycles. The number of rotatable bonds is 3. The third kappa shape index (κ3) is 2.20. The van der Waals surface area contributed by atoms with Gasteiger partial charge >= 0.3 is 5.97 Å². The first-order chi connectivity index (χ1) is 8.54. The van der Waals surface area contributed by atoms with E-state index in [-0.39, 0.29) is 6.10 Å². The zero-order valence-corrected chi connectivity index (χ0v) is 11.0. The first-order valence-electron chi connectivity index (χ1n) is 6.18. The summed E-state index contributed by atoms with van der Waals surface area (Å²) in [5.74, 6) is -0.239. The number of aromatic nitrogens is 2. The summed E-state index contributed by atoms with van der Waals surface area (Å²) >= 11 is 0. The lowest BCUT2D eigenvalue weighted by Crippen LogP contribution is -2.43. The van der Waals surface area contributed by atoms with Crippen LogP contribution in [0.3, 0.4) is 0 Å². The SMILES string of the molecule is CCC1CN(c2c(C(=O)O)c(C)nn2C)CCO1. The van der Waals surface area contributed by atoms with E-state index in [1.54, 1.807) is 18.7 Å². The maximum Gasteiger partial charge on any atom is 0.341 e. The van der Waals surface area contributed by atoms with Crippen molar-refractivity contribution in [3.8, 4) is 0 Å². The summed E-state index contributed by atoms with van der Waals surface area (Å²) < 4.78 is 7.26. The number of carboxylic acids is 1. The maximum atomic E-state index is 11.3. The Labute approximate surface area is 106 Å². The molecule has 0 aliphatic carbocycles. The van der Waals surface area contributed by atoms with E-state index < -0.39 is 5.97 Å². The van der Waals surface area contributed by atoms with Crippen molar-refractivity contribution in [2.24, 2.45) is 7.05 Å². The van der Waals surface area contributed by atoms with Gasteiger partial charge in [0.15, 0.2) is 0 Å². The molecule has 1 aliphatic heterocycles. The van der Waals surface area contributed by atoms with Crippen LogP contribution in [-0.2, 0) is 11.8 Å². The Morgan fingerprint density at radius 3 is 2.94 bits per heavy atom. The second kappa shape index (κ2) is 4.97. The van der Waals surface area contributed by atoms with Crippen molar-refractivity contribution in [3.63, 3.8) is 0 Å². The first-order valence-corrected chi connectivity index (χ1v) is 6.18.